The zero-order valence-corrected chi connectivity index (χ0v) is 12.4. The molecule has 0 saturated carbocycles. The van der Waals surface area contributed by atoms with Crippen LogP contribution < -0.4 is 5.32 Å². The number of aromatic nitrogens is 2. The number of rotatable bonds is 3. The first kappa shape index (κ1) is 14.5. The van der Waals surface area contributed by atoms with E-state index in [1.165, 1.54) is 21.7 Å². The maximum Gasteiger partial charge on any atom is 0.326 e. The molecule has 2 aromatic rings. The molecule has 1 aliphatic rings. The molecule has 1 saturated heterocycles. The second-order valence-corrected chi connectivity index (χ2v) is 5.77. The lowest BCUT2D eigenvalue weighted by Crippen LogP contribution is -2.44. The molecule has 2 N–H and O–H groups in total. The number of nitrogens with one attached hydrogen (secondary N) is 1. The molecule has 0 unspecified atom stereocenters. The van der Waals surface area contributed by atoms with E-state index in [4.69, 9.17) is 0 Å². The number of urea groups is 1. The van der Waals surface area contributed by atoms with Crippen molar-refractivity contribution in [2.45, 2.75) is 24.9 Å². The Balaban J connectivity index is 1.87. The molecule has 1 aliphatic heterocycles. The highest BCUT2D eigenvalue weighted by atomic mass is 32.1. The third-order valence-corrected chi connectivity index (χ3v) is 4.27. The van der Waals surface area contributed by atoms with Crippen molar-refractivity contribution in [2.75, 3.05) is 5.32 Å². The lowest BCUT2D eigenvalue weighted by atomic mass is 10.1. The monoisotopic (exact) mass is 318 g/mol. The Kier molecular flexibility index (Phi) is 4.01. The van der Waals surface area contributed by atoms with Gasteiger partial charge >= 0.3 is 12.0 Å². The molecule has 2 atom stereocenters. The lowest BCUT2D eigenvalue weighted by molar-refractivity contribution is -0.141. The van der Waals surface area contributed by atoms with Gasteiger partial charge in [-0.25, -0.2) is 9.59 Å². The smallest absolute Gasteiger partial charge is 0.326 e. The van der Waals surface area contributed by atoms with E-state index >= 15 is 0 Å². The van der Waals surface area contributed by atoms with Crippen molar-refractivity contribution in [3.8, 4) is 0 Å². The van der Waals surface area contributed by atoms with Crippen LogP contribution in [0.4, 0.5) is 9.93 Å². The summed E-state index contributed by atoms with van der Waals surface area (Å²) in [7, 11) is 0. The van der Waals surface area contributed by atoms with Crippen molar-refractivity contribution in [3.05, 3.63) is 41.4 Å². The third-order valence-electron chi connectivity index (χ3n) is 3.66. The van der Waals surface area contributed by atoms with Crippen LogP contribution >= 0.6 is 11.3 Å². The first-order valence-electron chi connectivity index (χ1n) is 6.80. The Morgan fingerprint density at radius 3 is 2.68 bits per heavy atom. The molecule has 1 aromatic carbocycles. The molecule has 2 amide bonds. The van der Waals surface area contributed by atoms with Crippen LogP contribution in [-0.2, 0) is 4.79 Å². The number of carboxylic acid groups (broad SMARTS) is 1. The van der Waals surface area contributed by atoms with E-state index in [-0.39, 0.29) is 6.04 Å². The average molecular weight is 318 g/mol. The normalized spacial score (nSPS) is 20.8. The third kappa shape index (κ3) is 2.77. The summed E-state index contributed by atoms with van der Waals surface area (Å²) in [6.07, 6.45) is 1.04. The van der Waals surface area contributed by atoms with E-state index < -0.39 is 18.0 Å². The zero-order valence-electron chi connectivity index (χ0n) is 11.5. The fourth-order valence-electron chi connectivity index (χ4n) is 2.72. The number of likely N-dealkylation sites (tertiary alicyclic amines) is 1. The number of hydrogen-bond acceptors (Lipinski definition) is 5. The zero-order chi connectivity index (χ0) is 15.5. The SMILES string of the molecule is O=C(O)[C@@H]1CC[C@@H](c2ccccc2)N1C(=O)Nc1nncs1. The molecule has 0 spiro atoms. The van der Waals surface area contributed by atoms with E-state index in [0.29, 0.717) is 18.0 Å². The van der Waals surface area contributed by atoms with Gasteiger partial charge in [0.25, 0.3) is 0 Å². The summed E-state index contributed by atoms with van der Waals surface area (Å²) in [6, 6.07) is 7.90. The largest absolute Gasteiger partial charge is 0.480 e. The van der Waals surface area contributed by atoms with Gasteiger partial charge in [-0.2, -0.15) is 0 Å². The minimum atomic E-state index is -0.995. The summed E-state index contributed by atoms with van der Waals surface area (Å²) in [6.45, 7) is 0. The summed E-state index contributed by atoms with van der Waals surface area (Å²) in [4.78, 5) is 25.3. The van der Waals surface area contributed by atoms with Gasteiger partial charge in [0, 0.05) is 0 Å². The quantitative estimate of drug-likeness (QED) is 0.905. The molecule has 22 heavy (non-hydrogen) atoms. The van der Waals surface area contributed by atoms with Gasteiger partial charge in [-0.3, -0.25) is 5.32 Å². The first-order valence-corrected chi connectivity index (χ1v) is 7.68. The van der Waals surface area contributed by atoms with Gasteiger partial charge in [0.2, 0.25) is 5.13 Å². The summed E-state index contributed by atoms with van der Waals surface area (Å²) in [5.41, 5.74) is 2.43. The average Bonchev–Trinajstić information content (AvgIpc) is 3.16. The molecule has 7 nitrogen and oxygen atoms in total. The molecular formula is C14H14N4O3S. The van der Waals surface area contributed by atoms with Crippen molar-refractivity contribution >= 4 is 28.5 Å². The number of benzene rings is 1. The lowest BCUT2D eigenvalue weighted by Gasteiger charge is -2.28. The van der Waals surface area contributed by atoms with Crippen LogP contribution in [0.2, 0.25) is 0 Å². The molecule has 8 heteroatoms. The van der Waals surface area contributed by atoms with Gasteiger partial charge in [0.1, 0.15) is 11.6 Å². The molecule has 0 radical (unpaired) electrons. The molecule has 1 fully saturated rings. The van der Waals surface area contributed by atoms with Gasteiger partial charge in [0.05, 0.1) is 6.04 Å². The standard InChI is InChI=1S/C14H14N4O3S/c19-12(20)11-7-6-10(9-4-2-1-3-5-9)18(11)14(21)16-13-17-15-8-22-13/h1-5,8,10-11H,6-7H2,(H,19,20)(H,16,17,21)/t10-,11-/m0/s1. The number of carbonyl (C=O) groups excluding carboxylic acids is 1. The van der Waals surface area contributed by atoms with Crippen LogP contribution in [0.1, 0.15) is 24.4 Å². The molecule has 3 rings (SSSR count). The summed E-state index contributed by atoms with van der Waals surface area (Å²) in [5.74, 6) is -0.995. The second kappa shape index (κ2) is 6.10. The van der Waals surface area contributed by atoms with Gasteiger partial charge in [-0.05, 0) is 18.4 Å². The maximum absolute atomic E-state index is 12.5. The number of aliphatic carboxylic acids is 1. The van der Waals surface area contributed by atoms with Crippen LogP contribution in [0.15, 0.2) is 35.8 Å². The molecular weight excluding hydrogens is 304 g/mol. The van der Waals surface area contributed by atoms with Crippen molar-refractivity contribution in [1.82, 2.24) is 15.1 Å². The van der Waals surface area contributed by atoms with Crippen molar-refractivity contribution in [2.24, 2.45) is 0 Å². The van der Waals surface area contributed by atoms with Gasteiger partial charge in [-0.15, -0.1) is 10.2 Å². The van der Waals surface area contributed by atoms with E-state index in [2.05, 4.69) is 15.5 Å². The number of carboxylic acids is 1. The molecule has 114 valence electrons. The number of hydrogen-bond donors (Lipinski definition) is 2. The van der Waals surface area contributed by atoms with Crippen LogP contribution in [0.25, 0.3) is 0 Å². The number of nitrogens with zero attached hydrogens (tertiary/aromatic N) is 3. The minimum Gasteiger partial charge on any atom is -0.480 e. The Morgan fingerprint density at radius 1 is 1.27 bits per heavy atom. The Labute approximate surface area is 130 Å². The predicted octanol–water partition coefficient (Wildman–Crippen LogP) is 2.36. The predicted molar refractivity (Wildman–Crippen MR) is 80.6 cm³/mol. The summed E-state index contributed by atoms with van der Waals surface area (Å²) >= 11 is 1.19. The van der Waals surface area contributed by atoms with E-state index in [1.54, 1.807) is 0 Å². The molecule has 0 aliphatic carbocycles. The number of carbonyl (C=O) groups is 2. The van der Waals surface area contributed by atoms with Crippen molar-refractivity contribution in [1.29, 1.82) is 0 Å². The maximum atomic E-state index is 12.5. The highest BCUT2D eigenvalue weighted by Crippen LogP contribution is 2.36. The van der Waals surface area contributed by atoms with Crippen LogP contribution in [0.5, 0.6) is 0 Å². The Hall–Kier alpha value is -2.48. The summed E-state index contributed by atoms with van der Waals surface area (Å²) in [5, 5.41) is 19.8. The topological polar surface area (TPSA) is 95.4 Å². The van der Waals surface area contributed by atoms with Gasteiger partial charge in [-0.1, -0.05) is 41.7 Å². The van der Waals surface area contributed by atoms with Crippen LogP contribution in [0, 0.1) is 0 Å². The van der Waals surface area contributed by atoms with Gasteiger partial charge < -0.3 is 10.0 Å². The van der Waals surface area contributed by atoms with Crippen LogP contribution in [-0.4, -0.2) is 38.2 Å². The van der Waals surface area contributed by atoms with E-state index in [0.717, 1.165) is 5.56 Å². The molecule has 1 aromatic heterocycles. The minimum absolute atomic E-state index is 0.254. The number of anilines is 1. The Morgan fingerprint density at radius 2 is 2.05 bits per heavy atom. The summed E-state index contributed by atoms with van der Waals surface area (Å²) < 4.78 is 0. The Bertz CT molecular complexity index is 662. The molecule has 0 bridgehead atoms. The van der Waals surface area contributed by atoms with E-state index in [1.807, 2.05) is 30.3 Å². The van der Waals surface area contributed by atoms with Crippen LogP contribution in [0.3, 0.4) is 0 Å². The number of amides is 2. The fourth-order valence-corrected chi connectivity index (χ4v) is 3.16. The van der Waals surface area contributed by atoms with Crippen molar-refractivity contribution in [3.63, 3.8) is 0 Å². The van der Waals surface area contributed by atoms with Gasteiger partial charge in [0.15, 0.2) is 0 Å². The van der Waals surface area contributed by atoms with E-state index in [9.17, 15) is 14.7 Å². The second-order valence-electron chi connectivity index (χ2n) is 4.94. The van der Waals surface area contributed by atoms with Crippen molar-refractivity contribution < 1.29 is 14.7 Å². The first-order chi connectivity index (χ1) is 10.7. The molecule has 2 heterocycles. The highest BCUT2D eigenvalue weighted by Gasteiger charge is 2.41. The highest BCUT2D eigenvalue weighted by molar-refractivity contribution is 7.13. The fraction of sp³-hybridized carbons (Fsp3) is 0.286.